The van der Waals surface area contributed by atoms with Crippen molar-refractivity contribution >= 4 is 16.0 Å². The molecule has 1 saturated heterocycles. The number of hydrogen-bond donors (Lipinski definition) is 2. The summed E-state index contributed by atoms with van der Waals surface area (Å²) in [4.78, 5) is 13.2. The van der Waals surface area contributed by atoms with Crippen LogP contribution in [-0.4, -0.2) is 70.4 Å². The molecular formula is C17H26N2O6S. The molecule has 1 aromatic rings. The topological polar surface area (TPSA) is 105 Å². The van der Waals surface area contributed by atoms with Crippen LogP contribution in [0.3, 0.4) is 0 Å². The van der Waals surface area contributed by atoms with E-state index >= 15 is 0 Å². The van der Waals surface area contributed by atoms with Crippen LogP contribution in [0.1, 0.15) is 24.2 Å². The summed E-state index contributed by atoms with van der Waals surface area (Å²) in [5.74, 6) is -0.592. The number of carboxylic acids is 1. The number of sulfonamides is 1. The predicted molar refractivity (Wildman–Crippen MR) is 96.2 cm³/mol. The van der Waals surface area contributed by atoms with Crippen LogP contribution in [0.4, 0.5) is 0 Å². The van der Waals surface area contributed by atoms with Gasteiger partial charge in [-0.15, -0.1) is 0 Å². The summed E-state index contributed by atoms with van der Waals surface area (Å²) < 4.78 is 38.5. The van der Waals surface area contributed by atoms with Gasteiger partial charge in [0.1, 0.15) is 10.6 Å². The number of rotatable bonds is 8. The predicted octanol–water partition coefficient (Wildman–Crippen LogP) is 1.03. The van der Waals surface area contributed by atoms with E-state index in [1.54, 1.807) is 0 Å². The lowest BCUT2D eigenvalue weighted by atomic mass is 10.2. The molecule has 1 aliphatic heterocycles. The van der Waals surface area contributed by atoms with Crippen molar-refractivity contribution in [2.45, 2.75) is 24.8 Å². The molecule has 0 aliphatic carbocycles. The summed E-state index contributed by atoms with van der Waals surface area (Å²) in [6.07, 6.45) is -0.258. The Morgan fingerprint density at radius 1 is 1.46 bits per heavy atom. The summed E-state index contributed by atoms with van der Waals surface area (Å²) >= 11 is 0. The van der Waals surface area contributed by atoms with Gasteiger partial charge >= 0.3 is 5.97 Å². The standard InChI is InChI=1S/C17H26N2O6S/c1-12(2)10-19-6-7-25-14(11-19)9-18-26(22,23)16-8-13(17(20)21)4-5-15(16)24-3/h4-5,8,12,14,18H,6-7,9-11H2,1-3H3,(H,20,21)/t14-/m0/s1. The first-order valence-corrected chi connectivity index (χ1v) is 9.96. The minimum absolute atomic E-state index is 0.0912. The Labute approximate surface area is 154 Å². The molecule has 0 radical (unpaired) electrons. The Bertz CT molecular complexity index is 735. The molecule has 2 N–H and O–H groups in total. The Hall–Kier alpha value is -1.68. The van der Waals surface area contributed by atoms with Gasteiger partial charge in [-0.25, -0.2) is 17.9 Å². The minimum Gasteiger partial charge on any atom is -0.495 e. The molecule has 0 saturated carbocycles. The highest BCUT2D eigenvalue weighted by molar-refractivity contribution is 7.89. The summed E-state index contributed by atoms with van der Waals surface area (Å²) in [6.45, 7) is 7.34. The number of hydrogen-bond acceptors (Lipinski definition) is 6. The van der Waals surface area contributed by atoms with Crippen molar-refractivity contribution in [2.75, 3.05) is 39.9 Å². The van der Waals surface area contributed by atoms with Crippen molar-refractivity contribution in [3.8, 4) is 5.75 Å². The zero-order valence-corrected chi connectivity index (χ0v) is 16.1. The second-order valence-corrected chi connectivity index (χ2v) is 8.40. The van der Waals surface area contributed by atoms with Gasteiger partial charge in [0.05, 0.1) is 25.4 Å². The fourth-order valence-corrected chi connectivity index (χ4v) is 4.15. The third kappa shape index (κ3) is 5.41. The molecule has 146 valence electrons. The maximum absolute atomic E-state index is 12.6. The van der Waals surface area contributed by atoms with Gasteiger partial charge in [-0.05, 0) is 24.1 Å². The average Bonchev–Trinajstić information content (AvgIpc) is 2.59. The maximum Gasteiger partial charge on any atom is 0.335 e. The van der Waals surface area contributed by atoms with Gasteiger partial charge in [0.15, 0.2) is 0 Å². The van der Waals surface area contributed by atoms with Crippen LogP contribution in [0, 0.1) is 5.92 Å². The zero-order valence-electron chi connectivity index (χ0n) is 15.3. The molecule has 26 heavy (non-hydrogen) atoms. The molecule has 0 spiro atoms. The summed E-state index contributed by atoms with van der Waals surface area (Å²) in [5.41, 5.74) is -0.122. The van der Waals surface area contributed by atoms with Crippen molar-refractivity contribution < 1.29 is 27.8 Å². The van der Waals surface area contributed by atoms with Crippen LogP contribution >= 0.6 is 0 Å². The number of carboxylic acid groups (broad SMARTS) is 1. The second kappa shape index (κ2) is 8.81. The van der Waals surface area contributed by atoms with Crippen LogP contribution in [0.25, 0.3) is 0 Å². The number of nitrogens with zero attached hydrogens (tertiary/aromatic N) is 1. The fourth-order valence-electron chi connectivity index (χ4n) is 2.89. The molecule has 8 nitrogen and oxygen atoms in total. The lowest BCUT2D eigenvalue weighted by molar-refractivity contribution is -0.0280. The van der Waals surface area contributed by atoms with Gasteiger partial charge in [-0.2, -0.15) is 0 Å². The van der Waals surface area contributed by atoms with Crippen molar-refractivity contribution in [3.05, 3.63) is 23.8 Å². The molecule has 1 heterocycles. The summed E-state index contributed by atoms with van der Waals surface area (Å²) in [6, 6.07) is 3.73. The average molecular weight is 386 g/mol. The Morgan fingerprint density at radius 3 is 2.81 bits per heavy atom. The Morgan fingerprint density at radius 2 is 2.19 bits per heavy atom. The highest BCUT2D eigenvalue weighted by Gasteiger charge is 2.26. The number of aromatic carboxylic acids is 1. The van der Waals surface area contributed by atoms with E-state index in [1.165, 1.54) is 19.2 Å². The molecule has 9 heteroatoms. The summed E-state index contributed by atoms with van der Waals surface area (Å²) in [7, 11) is -2.60. The molecule has 0 unspecified atom stereocenters. The number of ether oxygens (including phenoxy) is 2. The maximum atomic E-state index is 12.6. The SMILES string of the molecule is COc1ccc(C(=O)O)cc1S(=O)(=O)NC[C@H]1CN(CC(C)C)CCO1. The number of benzene rings is 1. The van der Waals surface area contributed by atoms with Crippen LogP contribution in [0.5, 0.6) is 5.75 Å². The molecule has 1 atom stereocenters. The normalized spacial score (nSPS) is 18.8. The number of methoxy groups -OCH3 is 1. The van der Waals surface area contributed by atoms with Crippen molar-refractivity contribution in [1.29, 1.82) is 0 Å². The monoisotopic (exact) mass is 386 g/mol. The highest BCUT2D eigenvalue weighted by Crippen LogP contribution is 2.25. The molecule has 1 aromatic carbocycles. The van der Waals surface area contributed by atoms with Crippen molar-refractivity contribution in [3.63, 3.8) is 0 Å². The molecular weight excluding hydrogens is 360 g/mol. The van der Waals surface area contributed by atoms with Gasteiger partial charge in [0.2, 0.25) is 10.0 Å². The van der Waals surface area contributed by atoms with Gasteiger partial charge in [-0.1, -0.05) is 13.8 Å². The van der Waals surface area contributed by atoms with E-state index in [-0.39, 0.29) is 28.9 Å². The fraction of sp³-hybridized carbons (Fsp3) is 0.588. The first-order chi connectivity index (χ1) is 12.2. The van der Waals surface area contributed by atoms with Crippen LogP contribution in [0.15, 0.2) is 23.1 Å². The van der Waals surface area contributed by atoms with E-state index in [0.717, 1.165) is 19.2 Å². The third-order valence-corrected chi connectivity index (χ3v) is 5.49. The number of nitrogens with one attached hydrogen (secondary N) is 1. The zero-order chi connectivity index (χ0) is 19.3. The third-order valence-electron chi connectivity index (χ3n) is 4.05. The molecule has 0 bridgehead atoms. The molecule has 1 fully saturated rings. The van der Waals surface area contributed by atoms with E-state index in [4.69, 9.17) is 14.6 Å². The Balaban J connectivity index is 2.09. The smallest absolute Gasteiger partial charge is 0.335 e. The van der Waals surface area contributed by atoms with Crippen molar-refractivity contribution in [1.82, 2.24) is 9.62 Å². The highest BCUT2D eigenvalue weighted by atomic mass is 32.2. The van der Waals surface area contributed by atoms with Crippen LogP contribution in [-0.2, 0) is 14.8 Å². The number of morpholine rings is 1. The molecule has 1 aliphatic rings. The van der Waals surface area contributed by atoms with Gasteiger partial charge < -0.3 is 14.6 Å². The van der Waals surface area contributed by atoms with Crippen LogP contribution in [0.2, 0.25) is 0 Å². The molecule has 0 amide bonds. The first-order valence-electron chi connectivity index (χ1n) is 8.48. The van der Waals surface area contributed by atoms with E-state index in [9.17, 15) is 13.2 Å². The second-order valence-electron chi connectivity index (χ2n) is 6.67. The Kier molecular flexibility index (Phi) is 6.99. The number of carbonyl (C=O) groups is 1. The lowest BCUT2D eigenvalue weighted by Gasteiger charge is -2.33. The van der Waals surface area contributed by atoms with Gasteiger partial charge in [-0.3, -0.25) is 4.90 Å². The van der Waals surface area contributed by atoms with E-state index in [0.29, 0.717) is 19.1 Å². The van der Waals surface area contributed by atoms with Crippen LogP contribution < -0.4 is 9.46 Å². The van der Waals surface area contributed by atoms with E-state index in [2.05, 4.69) is 23.5 Å². The largest absolute Gasteiger partial charge is 0.495 e. The molecule has 2 rings (SSSR count). The quantitative estimate of drug-likeness (QED) is 0.687. The van der Waals surface area contributed by atoms with E-state index in [1.807, 2.05) is 0 Å². The lowest BCUT2D eigenvalue weighted by Crippen LogP contribution is -2.48. The van der Waals surface area contributed by atoms with E-state index < -0.39 is 16.0 Å². The van der Waals surface area contributed by atoms with Gasteiger partial charge in [0, 0.05) is 26.2 Å². The minimum atomic E-state index is -3.94. The summed E-state index contributed by atoms with van der Waals surface area (Å²) in [5, 5.41) is 9.09. The van der Waals surface area contributed by atoms with Crippen molar-refractivity contribution in [2.24, 2.45) is 5.92 Å². The molecule has 0 aromatic heterocycles. The first kappa shape index (κ1) is 20.6. The van der Waals surface area contributed by atoms with Gasteiger partial charge in [0.25, 0.3) is 0 Å².